The zero-order chi connectivity index (χ0) is 12.4. The molecule has 0 fully saturated rings. The number of rotatable bonds is 3. The van der Waals surface area contributed by atoms with Crippen molar-refractivity contribution in [2.24, 2.45) is 5.73 Å². The van der Waals surface area contributed by atoms with Crippen molar-refractivity contribution in [3.05, 3.63) is 28.6 Å². The van der Waals surface area contributed by atoms with Crippen LogP contribution in [0.3, 0.4) is 0 Å². The Kier molecular flexibility index (Phi) is 3.64. The second kappa shape index (κ2) is 5.02. The fraction of sp³-hybridized carbons (Fsp3) is 0.538. The third-order valence-electron chi connectivity index (χ3n) is 3.37. The van der Waals surface area contributed by atoms with Gasteiger partial charge in [0.1, 0.15) is 11.6 Å². The van der Waals surface area contributed by atoms with E-state index in [9.17, 15) is 9.50 Å². The zero-order valence-corrected chi connectivity index (χ0v) is 10.0. The first-order valence-corrected chi connectivity index (χ1v) is 5.95. The van der Waals surface area contributed by atoms with Gasteiger partial charge < -0.3 is 15.6 Å². The van der Waals surface area contributed by atoms with Crippen molar-refractivity contribution >= 4 is 0 Å². The molecule has 3 nitrogen and oxygen atoms in total. The highest BCUT2D eigenvalue weighted by molar-refractivity contribution is 5.47. The number of nitrogens with two attached hydrogens (primary N) is 1. The van der Waals surface area contributed by atoms with E-state index in [0.717, 1.165) is 24.8 Å². The van der Waals surface area contributed by atoms with Crippen LogP contribution in [0.4, 0.5) is 4.39 Å². The molecule has 0 bridgehead atoms. The standard InChI is InChI=1S/C13H18FNO2/c1-17-12-6-10(11(16)7-15)13(14)9-5-3-2-4-8(9)12/h6,11,16H,2-5,7,15H2,1H3. The lowest BCUT2D eigenvalue weighted by molar-refractivity contribution is 0.181. The van der Waals surface area contributed by atoms with Crippen LogP contribution in [0.1, 0.15) is 35.6 Å². The summed E-state index contributed by atoms with van der Waals surface area (Å²) in [6.07, 6.45) is 2.63. The molecule has 1 aromatic rings. The molecule has 17 heavy (non-hydrogen) atoms. The Labute approximate surface area is 100 Å². The summed E-state index contributed by atoms with van der Waals surface area (Å²) in [5, 5.41) is 9.71. The maximum absolute atomic E-state index is 14.2. The van der Waals surface area contributed by atoms with E-state index < -0.39 is 6.10 Å². The monoisotopic (exact) mass is 239 g/mol. The van der Waals surface area contributed by atoms with Crippen LogP contribution in [0.2, 0.25) is 0 Å². The van der Waals surface area contributed by atoms with Crippen LogP contribution in [0, 0.1) is 5.82 Å². The highest BCUT2D eigenvalue weighted by atomic mass is 19.1. The minimum atomic E-state index is -0.962. The van der Waals surface area contributed by atoms with E-state index in [0.29, 0.717) is 17.7 Å². The van der Waals surface area contributed by atoms with Crippen LogP contribution >= 0.6 is 0 Å². The second-order valence-corrected chi connectivity index (χ2v) is 4.40. The molecule has 0 spiro atoms. The van der Waals surface area contributed by atoms with Gasteiger partial charge in [-0.05, 0) is 37.3 Å². The third kappa shape index (κ3) is 2.15. The SMILES string of the molecule is COc1cc(C(O)CN)c(F)c2c1CCCC2. The molecular formula is C13H18FNO2. The van der Waals surface area contributed by atoms with Gasteiger partial charge in [-0.15, -0.1) is 0 Å². The molecule has 1 unspecified atom stereocenters. The lowest BCUT2D eigenvalue weighted by atomic mass is 9.88. The first-order chi connectivity index (χ1) is 8.19. The van der Waals surface area contributed by atoms with Crippen LogP contribution in [0.5, 0.6) is 5.75 Å². The number of aliphatic hydroxyl groups is 1. The smallest absolute Gasteiger partial charge is 0.132 e. The van der Waals surface area contributed by atoms with E-state index in [1.807, 2.05) is 0 Å². The molecule has 0 heterocycles. The third-order valence-corrected chi connectivity index (χ3v) is 3.37. The van der Waals surface area contributed by atoms with Gasteiger partial charge in [-0.3, -0.25) is 0 Å². The van der Waals surface area contributed by atoms with Crippen LogP contribution in [0.25, 0.3) is 0 Å². The van der Waals surface area contributed by atoms with E-state index in [1.54, 1.807) is 13.2 Å². The highest BCUT2D eigenvalue weighted by Gasteiger charge is 2.23. The Morgan fingerprint density at radius 1 is 1.41 bits per heavy atom. The van der Waals surface area contributed by atoms with Crippen LogP contribution < -0.4 is 10.5 Å². The predicted molar refractivity (Wildman–Crippen MR) is 63.6 cm³/mol. The van der Waals surface area contributed by atoms with Gasteiger partial charge in [0.15, 0.2) is 0 Å². The largest absolute Gasteiger partial charge is 0.496 e. The van der Waals surface area contributed by atoms with Gasteiger partial charge in [-0.2, -0.15) is 0 Å². The van der Waals surface area contributed by atoms with Crippen molar-refractivity contribution in [1.82, 2.24) is 0 Å². The van der Waals surface area contributed by atoms with Crippen LogP contribution in [0.15, 0.2) is 6.07 Å². The average molecular weight is 239 g/mol. The van der Waals surface area contributed by atoms with E-state index in [2.05, 4.69) is 0 Å². The van der Waals surface area contributed by atoms with Gasteiger partial charge in [0.2, 0.25) is 0 Å². The average Bonchev–Trinajstić information content (AvgIpc) is 2.39. The normalized spacial score (nSPS) is 16.5. The van der Waals surface area contributed by atoms with E-state index >= 15 is 0 Å². The van der Waals surface area contributed by atoms with Gasteiger partial charge in [0, 0.05) is 17.7 Å². The van der Waals surface area contributed by atoms with Gasteiger partial charge in [0.05, 0.1) is 13.2 Å². The maximum Gasteiger partial charge on any atom is 0.132 e. The Hall–Kier alpha value is -1.13. The van der Waals surface area contributed by atoms with Crippen LogP contribution in [-0.2, 0) is 12.8 Å². The molecule has 0 saturated carbocycles. The number of hydrogen-bond acceptors (Lipinski definition) is 3. The Balaban J connectivity index is 2.56. The molecule has 1 aromatic carbocycles. The summed E-state index contributed by atoms with van der Waals surface area (Å²) < 4.78 is 19.5. The number of benzene rings is 1. The van der Waals surface area contributed by atoms with E-state index in [4.69, 9.17) is 10.5 Å². The number of hydrogen-bond donors (Lipinski definition) is 2. The van der Waals surface area contributed by atoms with Gasteiger partial charge in [-0.1, -0.05) is 0 Å². The summed E-state index contributed by atoms with van der Waals surface area (Å²) in [5.74, 6) is 0.363. The van der Waals surface area contributed by atoms with E-state index in [1.165, 1.54) is 0 Å². The number of ether oxygens (including phenoxy) is 1. The molecule has 0 aliphatic heterocycles. The summed E-state index contributed by atoms with van der Waals surface area (Å²) in [4.78, 5) is 0. The topological polar surface area (TPSA) is 55.5 Å². The number of methoxy groups -OCH3 is 1. The molecule has 1 aliphatic rings. The molecule has 1 aliphatic carbocycles. The van der Waals surface area contributed by atoms with Crippen molar-refractivity contribution in [1.29, 1.82) is 0 Å². The van der Waals surface area contributed by atoms with Crippen molar-refractivity contribution in [2.45, 2.75) is 31.8 Å². The summed E-state index contributed by atoms with van der Waals surface area (Å²) in [7, 11) is 1.57. The zero-order valence-electron chi connectivity index (χ0n) is 10.0. The van der Waals surface area contributed by atoms with Gasteiger partial charge >= 0.3 is 0 Å². The van der Waals surface area contributed by atoms with Crippen molar-refractivity contribution in [3.8, 4) is 5.75 Å². The van der Waals surface area contributed by atoms with Crippen molar-refractivity contribution in [3.63, 3.8) is 0 Å². The fourth-order valence-corrected chi connectivity index (χ4v) is 2.44. The number of aliphatic hydroxyl groups excluding tert-OH is 1. The van der Waals surface area contributed by atoms with Crippen molar-refractivity contribution in [2.75, 3.05) is 13.7 Å². The molecule has 3 N–H and O–H groups in total. The number of fused-ring (bicyclic) bond motifs is 1. The molecule has 94 valence electrons. The quantitative estimate of drug-likeness (QED) is 0.844. The number of halogens is 1. The van der Waals surface area contributed by atoms with Gasteiger partial charge in [-0.25, -0.2) is 4.39 Å². The summed E-state index contributed by atoms with van der Waals surface area (Å²) in [6.45, 7) is 0.0128. The first kappa shape index (κ1) is 12.3. The summed E-state index contributed by atoms with van der Waals surface area (Å²) in [5.41, 5.74) is 7.28. The molecule has 0 aromatic heterocycles. The Morgan fingerprint density at radius 3 is 2.65 bits per heavy atom. The van der Waals surface area contributed by atoms with Gasteiger partial charge in [0.25, 0.3) is 0 Å². The molecule has 2 rings (SSSR count). The highest BCUT2D eigenvalue weighted by Crippen LogP contribution is 2.35. The molecule has 0 radical (unpaired) electrons. The molecule has 0 amide bonds. The predicted octanol–water partition coefficient (Wildman–Crippen LogP) is 1.71. The summed E-state index contributed by atoms with van der Waals surface area (Å²) in [6, 6.07) is 1.58. The lowest BCUT2D eigenvalue weighted by Gasteiger charge is -2.22. The Morgan fingerprint density at radius 2 is 2.06 bits per heavy atom. The second-order valence-electron chi connectivity index (χ2n) is 4.40. The summed E-state index contributed by atoms with van der Waals surface area (Å²) >= 11 is 0. The van der Waals surface area contributed by atoms with Crippen molar-refractivity contribution < 1.29 is 14.2 Å². The first-order valence-electron chi connectivity index (χ1n) is 5.95. The molecule has 1 atom stereocenters. The minimum Gasteiger partial charge on any atom is -0.496 e. The molecule has 4 heteroatoms. The minimum absolute atomic E-state index is 0.0128. The lowest BCUT2D eigenvalue weighted by Crippen LogP contribution is -2.16. The maximum atomic E-state index is 14.2. The van der Waals surface area contributed by atoms with Crippen LogP contribution in [-0.4, -0.2) is 18.8 Å². The fourth-order valence-electron chi connectivity index (χ4n) is 2.44. The molecular weight excluding hydrogens is 221 g/mol. The molecule has 0 saturated heterocycles. The van der Waals surface area contributed by atoms with E-state index in [-0.39, 0.29) is 17.9 Å². The Bertz CT molecular complexity index is 420.